The van der Waals surface area contributed by atoms with Gasteiger partial charge in [-0.25, -0.2) is 0 Å². The molecule has 0 rings (SSSR count). The Bertz CT molecular complexity index is 173. The van der Waals surface area contributed by atoms with Crippen LogP contribution in [-0.2, 0) is 9.53 Å². The summed E-state index contributed by atoms with van der Waals surface area (Å²) in [6.45, 7) is 9.64. The van der Waals surface area contributed by atoms with Crippen molar-refractivity contribution in [2.24, 2.45) is 0 Å². The zero-order valence-electron chi connectivity index (χ0n) is 10.6. The number of carbonyl (C=O) groups is 1. The van der Waals surface area contributed by atoms with Gasteiger partial charge in [-0.3, -0.25) is 4.79 Å². The van der Waals surface area contributed by atoms with Gasteiger partial charge in [0.25, 0.3) is 0 Å². The van der Waals surface area contributed by atoms with E-state index in [0.29, 0.717) is 19.6 Å². The maximum absolute atomic E-state index is 11.2. The second kappa shape index (κ2) is 7.69. The molecule has 3 nitrogen and oxygen atoms in total. The van der Waals surface area contributed by atoms with E-state index in [-0.39, 0.29) is 11.5 Å². The molecule has 1 N–H and O–H groups in total. The van der Waals surface area contributed by atoms with Crippen LogP contribution in [0, 0.1) is 0 Å². The van der Waals surface area contributed by atoms with Crippen molar-refractivity contribution < 1.29 is 9.53 Å². The Labute approximate surface area is 93.6 Å². The van der Waals surface area contributed by atoms with Crippen LogP contribution in [-0.4, -0.2) is 24.7 Å². The number of hydrogen-bond donors (Lipinski definition) is 1. The molecule has 0 unspecified atom stereocenters. The molecular formula is C12H25NO2. The fraction of sp³-hybridized carbons (Fsp3) is 0.917. The SMILES string of the molecule is CCCCCOC(=O)CCNC(C)(C)C. The summed E-state index contributed by atoms with van der Waals surface area (Å²) in [6.07, 6.45) is 3.73. The summed E-state index contributed by atoms with van der Waals surface area (Å²) in [7, 11) is 0. The fourth-order valence-electron chi connectivity index (χ4n) is 1.15. The quantitative estimate of drug-likeness (QED) is 0.524. The van der Waals surface area contributed by atoms with Crippen LogP contribution < -0.4 is 5.32 Å². The smallest absolute Gasteiger partial charge is 0.307 e. The molecule has 15 heavy (non-hydrogen) atoms. The minimum Gasteiger partial charge on any atom is -0.466 e. The first-order valence-electron chi connectivity index (χ1n) is 5.86. The van der Waals surface area contributed by atoms with Gasteiger partial charge in [-0.15, -0.1) is 0 Å². The van der Waals surface area contributed by atoms with E-state index in [1.807, 2.05) is 0 Å². The summed E-state index contributed by atoms with van der Waals surface area (Å²) in [5, 5.41) is 3.25. The predicted octanol–water partition coefficient (Wildman–Crippen LogP) is 2.50. The van der Waals surface area contributed by atoms with Crippen LogP contribution in [0.25, 0.3) is 0 Å². The first-order chi connectivity index (χ1) is 6.95. The second-order valence-electron chi connectivity index (χ2n) is 4.85. The van der Waals surface area contributed by atoms with Gasteiger partial charge in [0.05, 0.1) is 13.0 Å². The largest absolute Gasteiger partial charge is 0.466 e. The molecular weight excluding hydrogens is 190 g/mol. The first kappa shape index (κ1) is 14.4. The Morgan fingerprint density at radius 3 is 2.47 bits per heavy atom. The molecule has 0 saturated carbocycles. The lowest BCUT2D eigenvalue weighted by atomic mass is 10.1. The van der Waals surface area contributed by atoms with Gasteiger partial charge in [0.15, 0.2) is 0 Å². The van der Waals surface area contributed by atoms with E-state index in [1.165, 1.54) is 0 Å². The summed E-state index contributed by atoms with van der Waals surface area (Å²) in [4.78, 5) is 11.2. The van der Waals surface area contributed by atoms with Gasteiger partial charge in [0, 0.05) is 12.1 Å². The number of nitrogens with one attached hydrogen (secondary N) is 1. The molecule has 0 spiro atoms. The van der Waals surface area contributed by atoms with Gasteiger partial charge in [-0.1, -0.05) is 19.8 Å². The average Bonchev–Trinajstić information content (AvgIpc) is 2.10. The monoisotopic (exact) mass is 215 g/mol. The van der Waals surface area contributed by atoms with Crippen LogP contribution in [0.1, 0.15) is 53.4 Å². The van der Waals surface area contributed by atoms with Crippen LogP contribution >= 0.6 is 0 Å². The highest BCUT2D eigenvalue weighted by Crippen LogP contribution is 1.99. The normalized spacial score (nSPS) is 11.5. The minimum atomic E-state index is -0.0946. The molecule has 90 valence electrons. The van der Waals surface area contributed by atoms with Gasteiger partial charge >= 0.3 is 5.97 Å². The predicted molar refractivity (Wildman–Crippen MR) is 62.9 cm³/mol. The molecule has 0 aromatic heterocycles. The van der Waals surface area contributed by atoms with Crippen molar-refractivity contribution in [2.75, 3.05) is 13.2 Å². The highest BCUT2D eigenvalue weighted by atomic mass is 16.5. The standard InChI is InChI=1S/C12H25NO2/c1-5-6-7-10-15-11(14)8-9-13-12(2,3)4/h13H,5-10H2,1-4H3. The van der Waals surface area contributed by atoms with Crippen LogP contribution in [0.5, 0.6) is 0 Å². The topological polar surface area (TPSA) is 38.3 Å². The Morgan fingerprint density at radius 2 is 1.93 bits per heavy atom. The summed E-state index contributed by atoms with van der Waals surface area (Å²) in [5.74, 6) is -0.0946. The number of unbranched alkanes of at least 4 members (excludes halogenated alkanes) is 2. The molecule has 3 heteroatoms. The third-order valence-electron chi connectivity index (χ3n) is 2.00. The zero-order valence-corrected chi connectivity index (χ0v) is 10.6. The van der Waals surface area contributed by atoms with Crippen molar-refractivity contribution in [3.8, 4) is 0 Å². The highest BCUT2D eigenvalue weighted by molar-refractivity contribution is 5.69. The van der Waals surface area contributed by atoms with Gasteiger partial charge < -0.3 is 10.1 Å². The zero-order chi connectivity index (χ0) is 11.7. The Morgan fingerprint density at radius 1 is 1.27 bits per heavy atom. The van der Waals surface area contributed by atoms with Crippen LogP contribution in [0.4, 0.5) is 0 Å². The molecule has 0 saturated heterocycles. The molecule has 0 heterocycles. The molecule has 0 atom stereocenters. The van der Waals surface area contributed by atoms with E-state index in [1.54, 1.807) is 0 Å². The third-order valence-corrected chi connectivity index (χ3v) is 2.00. The fourth-order valence-corrected chi connectivity index (χ4v) is 1.15. The van der Waals surface area contributed by atoms with Gasteiger partial charge in [0.2, 0.25) is 0 Å². The van der Waals surface area contributed by atoms with Gasteiger partial charge in [0.1, 0.15) is 0 Å². The summed E-state index contributed by atoms with van der Waals surface area (Å²) in [6, 6.07) is 0. The number of hydrogen-bond acceptors (Lipinski definition) is 3. The highest BCUT2D eigenvalue weighted by Gasteiger charge is 2.09. The van der Waals surface area contributed by atoms with Crippen LogP contribution in [0.2, 0.25) is 0 Å². The van der Waals surface area contributed by atoms with Gasteiger partial charge in [-0.2, -0.15) is 0 Å². The lowest BCUT2D eigenvalue weighted by Crippen LogP contribution is -2.37. The van der Waals surface area contributed by atoms with Crippen molar-refractivity contribution in [3.05, 3.63) is 0 Å². The maximum atomic E-state index is 11.2. The van der Waals surface area contributed by atoms with E-state index in [9.17, 15) is 4.79 Å². The Balaban J connectivity index is 3.34. The molecule has 0 aromatic carbocycles. The molecule has 0 aromatic rings. The lowest BCUT2D eigenvalue weighted by Gasteiger charge is -2.19. The van der Waals surface area contributed by atoms with E-state index in [0.717, 1.165) is 19.3 Å². The average molecular weight is 215 g/mol. The van der Waals surface area contributed by atoms with Crippen LogP contribution in [0.15, 0.2) is 0 Å². The molecule has 0 aliphatic rings. The van der Waals surface area contributed by atoms with Crippen molar-refractivity contribution in [1.29, 1.82) is 0 Å². The van der Waals surface area contributed by atoms with Crippen molar-refractivity contribution >= 4 is 5.97 Å². The number of esters is 1. The Kier molecular flexibility index (Phi) is 7.39. The maximum Gasteiger partial charge on any atom is 0.307 e. The molecule has 0 aliphatic carbocycles. The van der Waals surface area contributed by atoms with Crippen LogP contribution in [0.3, 0.4) is 0 Å². The molecule has 0 bridgehead atoms. The van der Waals surface area contributed by atoms with E-state index in [2.05, 4.69) is 33.0 Å². The molecule has 0 radical (unpaired) electrons. The summed E-state index contributed by atoms with van der Waals surface area (Å²) in [5.41, 5.74) is 0.0719. The minimum absolute atomic E-state index is 0.0719. The van der Waals surface area contributed by atoms with E-state index < -0.39 is 0 Å². The number of carbonyl (C=O) groups excluding carboxylic acids is 1. The first-order valence-corrected chi connectivity index (χ1v) is 5.86. The molecule has 0 aliphatic heterocycles. The second-order valence-corrected chi connectivity index (χ2v) is 4.85. The molecule has 0 fully saturated rings. The molecule has 0 amide bonds. The lowest BCUT2D eigenvalue weighted by molar-refractivity contribution is -0.143. The number of rotatable bonds is 7. The van der Waals surface area contributed by atoms with E-state index >= 15 is 0 Å². The van der Waals surface area contributed by atoms with Crippen molar-refractivity contribution in [2.45, 2.75) is 58.9 Å². The third kappa shape index (κ3) is 11.4. The van der Waals surface area contributed by atoms with Gasteiger partial charge in [-0.05, 0) is 27.2 Å². The Hall–Kier alpha value is -0.570. The number of ether oxygens (including phenoxy) is 1. The summed E-state index contributed by atoms with van der Waals surface area (Å²) >= 11 is 0. The van der Waals surface area contributed by atoms with E-state index in [4.69, 9.17) is 4.74 Å². The van der Waals surface area contributed by atoms with Crippen molar-refractivity contribution in [1.82, 2.24) is 5.32 Å². The van der Waals surface area contributed by atoms with Crippen molar-refractivity contribution in [3.63, 3.8) is 0 Å². The summed E-state index contributed by atoms with van der Waals surface area (Å²) < 4.78 is 5.08.